The number of hydrogen-bond donors (Lipinski definition) is 5. The Bertz CT molecular complexity index is 1140. The van der Waals surface area contributed by atoms with Gasteiger partial charge in [0.05, 0.1) is 43.7 Å². The third kappa shape index (κ3) is 11.1. The Morgan fingerprint density at radius 3 is 2.32 bits per heavy atom. The minimum atomic E-state index is -1.27. The maximum Gasteiger partial charge on any atom is 0.373 e. The fourth-order valence-electron chi connectivity index (χ4n) is 6.97. The largest absolute Gasteiger partial charge is 0.490 e. The number of hydrogen-bond acceptors (Lipinski definition) is 9. The van der Waals surface area contributed by atoms with E-state index < -0.39 is 60.5 Å². The molecule has 268 valence electrons. The molecule has 2 aliphatic rings. The van der Waals surface area contributed by atoms with E-state index in [1.807, 2.05) is 72.8 Å². The molecule has 1 fully saturated rings. The SMILES string of the molecule is C/C=C/[C@H]1O[C@@H]([C@@H](C)[C@H](O)[C@H](C)[C@H]2OC(=O)/C(OC)=C/C(C)=C/[C@@H](C)[C@@H](O)[C@@H](CC)[C@@H](O)[C@H](C)C/C(C)=C/C=C/[C@@H]2O)C[C@@H](O)[C@@H]1C. The highest BCUT2D eigenvalue weighted by Gasteiger charge is 2.42. The summed E-state index contributed by atoms with van der Waals surface area (Å²) in [5.74, 6) is -3.01. The number of ether oxygens (including phenoxy) is 3. The van der Waals surface area contributed by atoms with Crippen LogP contribution < -0.4 is 0 Å². The van der Waals surface area contributed by atoms with Gasteiger partial charge in [0.1, 0.15) is 12.2 Å². The highest BCUT2D eigenvalue weighted by atomic mass is 16.6. The van der Waals surface area contributed by atoms with Gasteiger partial charge in [-0.25, -0.2) is 4.79 Å². The summed E-state index contributed by atoms with van der Waals surface area (Å²) in [6.45, 7) is 16.9. The van der Waals surface area contributed by atoms with Crippen molar-refractivity contribution in [1.29, 1.82) is 0 Å². The van der Waals surface area contributed by atoms with Crippen LogP contribution in [0.15, 0.2) is 59.4 Å². The number of esters is 1. The van der Waals surface area contributed by atoms with Gasteiger partial charge < -0.3 is 39.7 Å². The molecule has 9 heteroatoms. The van der Waals surface area contributed by atoms with Gasteiger partial charge in [-0.3, -0.25) is 0 Å². The zero-order valence-corrected chi connectivity index (χ0v) is 30.1. The number of rotatable bonds is 7. The van der Waals surface area contributed by atoms with E-state index in [0.717, 1.165) is 5.57 Å². The fourth-order valence-corrected chi connectivity index (χ4v) is 6.97. The van der Waals surface area contributed by atoms with Gasteiger partial charge in [-0.1, -0.05) is 89.1 Å². The van der Waals surface area contributed by atoms with Crippen LogP contribution in [0.25, 0.3) is 0 Å². The number of carbonyl (C=O) groups is 1. The van der Waals surface area contributed by atoms with Gasteiger partial charge in [-0.15, -0.1) is 0 Å². The van der Waals surface area contributed by atoms with Crippen LogP contribution in [0.3, 0.4) is 0 Å². The molecule has 0 unspecified atom stereocenters. The molecule has 0 saturated carbocycles. The van der Waals surface area contributed by atoms with E-state index in [-0.39, 0.29) is 35.5 Å². The summed E-state index contributed by atoms with van der Waals surface area (Å²) in [4.78, 5) is 13.5. The molecule has 0 aliphatic carbocycles. The van der Waals surface area contributed by atoms with Crippen LogP contribution in [-0.2, 0) is 19.0 Å². The first-order chi connectivity index (χ1) is 22.1. The first-order valence-electron chi connectivity index (χ1n) is 17.2. The molecule has 0 aromatic heterocycles. The van der Waals surface area contributed by atoms with E-state index in [1.165, 1.54) is 19.3 Å². The lowest BCUT2D eigenvalue weighted by Crippen LogP contribution is -2.50. The molecular weight excluding hydrogens is 600 g/mol. The summed E-state index contributed by atoms with van der Waals surface area (Å²) in [6, 6.07) is 0. The van der Waals surface area contributed by atoms with E-state index in [1.54, 1.807) is 19.9 Å². The summed E-state index contributed by atoms with van der Waals surface area (Å²) in [6.07, 6.45) is 7.29. The topological polar surface area (TPSA) is 146 Å². The zero-order valence-electron chi connectivity index (χ0n) is 30.1. The average Bonchev–Trinajstić information content (AvgIpc) is 3.02. The number of aliphatic hydroxyl groups is 5. The van der Waals surface area contributed by atoms with Crippen molar-refractivity contribution in [3.63, 3.8) is 0 Å². The van der Waals surface area contributed by atoms with E-state index in [4.69, 9.17) is 14.2 Å². The van der Waals surface area contributed by atoms with Crippen molar-refractivity contribution in [1.82, 2.24) is 0 Å². The molecule has 0 spiro atoms. The Hall–Kier alpha value is -2.27. The lowest BCUT2D eigenvalue weighted by atomic mass is 9.79. The van der Waals surface area contributed by atoms with Crippen molar-refractivity contribution < 1.29 is 44.5 Å². The summed E-state index contributed by atoms with van der Waals surface area (Å²) in [5, 5.41) is 56.1. The second kappa shape index (κ2) is 19.1. The van der Waals surface area contributed by atoms with Crippen molar-refractivity contribution in [2.75, 3.05) is 7.11 Å². The number of aliphatic hydroxyl groups excluding tert-OH is 5. The molecule has 14 atom stereocenters. The molecule has 0 amide bonds. The van der Waals surface area contributed by atoms with Gasteiger partial charge in [-0.05, 0) is 45.6 Å². The molecule has 9 nitrogen and oxygen atoms in total. The lowest BCUT2D eigenvalue weighted by molar-refractivity contribution is -0.169. The molecule has 47 heavy (non-hydrogen) atoms. The van der Waals surface area contributed by atoms with Crippen LogP contribution in [0, 0.1) is 35.5 Å². The Kier molecular flexibility index (Phi) is 16.6. The maximum absolute atomic E-state index is 13.5. The second-order valence-corrected chi connectivity index (χ2v) is 14.0. The number of allylic oxidation sites excluding steroid dienone is 6. The lowest BCUT2D eigenvalue weighted by Gasteiger charge is -2.42. The molecule has 2 rings (SSSR count). The van der Waals surface area contributed by atoms with Crippen molar-refractivity contribution in [3.8, 4) is 0 Å². The molecule has 0 aromatic carbocycles. The third-order valence-electron chi connectivity index (χ3n) is 10.2. The minimum absolute atomic E-state index is 0.0993. The van der Waals surface area contributed by atoms with E-state index in [9.17, 15) is 30.3 Å². The molecule has 2 heterocycles. The summed E-state index contributed by atoms with van der Waals surface area (Å²) < 4.78 is 17.6. The zero-order chi connectivity index (χ0) is 35.6. The van der Waals surface area contributed by atoms with Crippen molar-refractivity contribution in [2.45, 2.75) is 130 Å². The van der Waals surface area contributed by atoms with Crippen LogP contribution in [0.4, 0.5) is 0 Å². The average molecular weight is 663 g/mol. The highest BCUT2D eigenvalue weighted by molar-refractivity contribution is 5.87. The molecule has 0 aromatic rings. The van der Waals surface area contributed by atoms with Crippen LogP contribution in [0.2, 0.25) is 0 Å². The highest BCUT2D eigenvalue weighted by Crippen LogP contribution is 2.34. The predicted molar refractivity (Wildman–Crippen MR) is 184 cm³/mol. The van der Waals surface area contributed by atoms with Gasteiger partial charge in [0.25, 0.3) is 0 Å². The van der Waals surface area contributed by atoms with Crippen molar-refractivity contribution in [3.05, 3.63) is 59.4 Å². The third-order valence-corrected chi connectivity index (χ3v) is 10.2. The quantitative estimate of drug-likeness (QED) is 0.187. The number of carbonyl (C=O) groups excluding carboxylic acids is 1. The van der Waals surface area contributed by atoms with Crippen molar-refractivity contribution >= 4 is 5.97 Å². The van der Waals surface area contributed by atoms with E-state index in [0.29, 0.717) is 24.8 Å². The summed E-state index contributed by atoms with van der Waals surface area (Å²) >= 11 is 0. The molecule has 1 saturated heterocycles. The predicted octanol–water partition coefficient (Wildman–Crippen LogP) is 5.03. The van der Waals surface area contributed by atoms with Gasteiger partial charge in [0, 0.05) is 36.0 Å². The maximum atomic E-state index is 13.5. The first-order valence-corrected chi connectivity index (χ1v) is 17.2. The minimum Gasteiger partial charge on any atom is -0.490 e. The smallest absolute Gasteiger partial charge is 0.373 e. The van der Waals surface area contributed by atoms with Crippen LogP contribution in [0.5, 0.6) is 0 Å². The molecule has 0 radical (unpaired) electrons. The van der Waals surface area contributed by atoms with Gasteiger partial charge in [0.2, 0.25) is 5.76 Å². The number of methoxy groups -OCH3 is 1. The van der Waals surface area contributed by atoms with Crippen LogP contribution in [-0.4, -0.2) is 87.4 Å². The Labute approximate surface area is 282 Å². The van der Waals surface area contributed by atoms with E-state index in [2.05, 4.69) is 0 Å². The molecular formula is C38H62O9. The second-order valence-electron chi connectivity index (χ2n) is 14.0. The van der Waals surface area contributed by atoms with Gasteiger partial charge >= 0.3 is 5.97 Å². The fraction of sp³-hybridized carbons (Fsp3) is 0.711. The Morgan fingerprint density at radius 1 is 1.06 bits per heavy atom. The Balaban J connectivity index is 2.49. The number of cyclic esters (lactones) is 1. The normalized spacial score (nSPS) is 41.5. The first kappa shape index (κ1) is 40.9. The molecule has 2 aliphatic heterocycles. The monoisotopic (exact) mass is 662 g/mol. The van der Waals surface area contributed by atoms with Crippen LogP contribution in [0.1, 0.15) is 81.6 Å². The van der Waals surface area contributed by atoms with Crippen molar-refractivity contribution in [2.24, 2.45) is 35.5 Å². The summed E-state index contributed by atoms with van der Waals surface area (Å²) in [7, 11) is 1.35. The van der Waals surface area contributed by atoms with Gasteiger partial charge in [-0.2, -0.15) is 0 Å². The Morgan fingerprint density at radius 2 is 1.72 bits per heavy atom. The van der Waals surface area contributed by atoms with Gasteiger partial charge in [0.15, 0.2) is 0 Å². The standard InChI is InChI=1S/C38H62O9/c1-11-14-31-25(7)30(40)20-32(46-31)26(8)36(43)27(9)37-29(39)16-13-15-21(3)17-23(5)34(41)28(12-2)35(42)24(6)18-22(4)19-33(45-10)38(44)47-37/h11,13-16,18-19,23-32,34-37,39-43H,12,17,20H2,1-10H3/b14-11+,16-13+,21-15+,22-18+,33-19-/t23-,24-,25+,26-,27+,28+,29+,30-,31-,32-,34+,35-,36+,37-/m1/s1. The van der Waals surface area contributed by atoms with E-state index >= 15 is 0 Å². The summed E-state index contributed by atoms with van der Waals surface area (Å²) in [5.41, 5.74) is 1.62. The molecule has 0 bridgehead atoms. The molecule has 5 N–H and O–H groups in total. The van der Waals surface area contributed by atoms with Crippen LogP contribution >= 0.6 is 0 Å².